The number of aromatic nitrogens is 1. The van der Waals surface area contributed by atoms with Gasteiger partial charge in [0.25, 0.3) is 0 Å². The first kappa shape index (κ1) is 14.5. The fourth-order valence-corrected chi connectivity index (χ4v) is 4.19. The summed E-state index contributed by atoms with van der Waals surface area (Å²) < 4.78 is 28.5. The van der Waals surface area contributed by atoms with Crippen molar-refractivity contribution < 1.29 is 13.5 Å². The van der Waals surface area contributed by atoms with Crippen LogP contribution in [0.3, 0.4) is 0 Å². The maximum absolute atomic E-state index is 11.9. The summed E-state index contributed by atoms with van der Waals surface area (Å²) in [5.41, 5.74) is 0.645. The zero-order valence-corrected chi connectivity index (χ0v) is 12.5. The third-order valence-electron chi connectivity index (χ3n) is 2.61. The van der Waals surface area contributed by atoms with Gasteiger partial charge < -0.3 is 9.67 Å². The number of rotatable bonds is 5. The van der Waals surface area contributed by atoms with Crippen molar-refractivity contribution in [3.63, 3.8) is 0 Å². The summed E-state index contributed by atoms with van der Waals surface area (Å²) in [4.78, 5) is 0. The van der Waals surface area contributed by atoms with Gasteiger partial charge in [-0.25, -0.2) is 13.1 Å². The first-order valence-electron chi connectivity index (χ1n) is 5.44. The summed E-state index contributed by atoms with van der Waals surface area (Å²) in [5.74, 6) is 0. The van der Waals surface area contributed by atoms with E-state index in [9.17, 15) is 13.5 Å². The molecule has 2 rings (SSSR count). The second-order valence-electron chi connectivity index (χ2n) is 3.97. The lowest BCUT2D eigenvalue weighted by Gasteiger charge is -2.12. The van der Waals surface area contributed by atoms with Crippen molar-refractivity contribution in [3.8, 4) is 0 Å². The smallest absolute Gasteiger partial charge is 0.250 e. The second kappa shape index (κ2) is 5.64. The summed E-state index contributed by atoms with van der Waals surface area (Å²) in [5, 5.41) is 9.94. The van der Waals surface area contributed by atoms with Crippen molar-refractivity contribution in [1.82, 2.24) is 9.29 Å². The van der Waals surface area contributed by atoms with Gasteiger partial charge in [0.2, 0.25) is 10.0 Å². The normalized spacial score (nSPS) is 13.6. The quantitative estimate of drug-likeness (QED) is 0.881. The molecular formula is C11H13ClN2O3S2. The van der Waals surface area contributed by atoms with Crippen molar-refractivity contribution >= 4 is 33.0 Å². The number of nitrogens with zero attached hydrogens (tertiary/aromatic N) is 1. The average molecular weight is 321 g/mol. The van der Waals surface area contributed by atoms with E-state index in [4.69, 9.17) is 11.6 Å². The Morgan fingerprint density at radius 1 is 1.47 bits per heavy atom. The van der Waals surface area contributed by atoms with E-state index >= 15 is 0 Å². The lowest BCUT2D eigenvalue weighted by atomic mass is 10.2. The van der Waals surface area contributed by atoms with Crippen LogP contribution < -0.4 is 4.72 Å². The van der Waals surface area contributed by atoms with Gasteiger partial charge in [-0.15, -0.1) is 11.3 Å². The number of aliphatic hydroxyl groups excluding tert-OH is 1. The van der Waals surface area contributed by atoms with E-state index < -0.39 is 16.1 Å². The topological polar surface area (TPSA) is 71.3 Å². The fraction of sp³-hybridized carbons (Fsp3) is 0.273. The highest BCUT2D eigenvalue weighted by Gasteiger charge is 2.19. The molecule has 1 atom stereocenters. The van der Waals surface area contributed by atoms with Crippen molar-refractivity contribution in [1.29, 1.82) is 0 Å². The summed E-state index contributed by atoms with van der Waals surface area (Å²) in [6, 6.07) is 6.48. The molecule has 2 aromatic rings. The van der Waals surface area contributed by atoms with Gasteiger partial charge in [-0.2, -0.15) is 0 Å². The summed E-state index contributed by atoms with van der Waals surface area (Å²) in [6.07, 6.45) is 0.886. The lowest BCUT2D eigenvalue weighted by molar-refractivity contribution is 0.173. The van der Waals surface area contributed by atoms with Crippen LogP contribution in [0.15, 0.2) is 34.7 Å². The molecule has 0 saturated heterocycles. The predicted octanol–water partition coefficient (Wildman–Crippen LogP) is 1.75. The van der Waals surface area contributed by atoms with Gasteiger partial charge in [0.15, 0.2) is 0 Å². The van der Waals surface area contributed by atoms with Crippen LogP contribution in [-0.4, -0.2) is 24.6 Å². The molecule has 0 aliphatic heterocycles. The van der Waals surface area contributed by atoms with Crippen molar-refractivity contribution in [3.05, 3.63) is 40.5 Å². The molecular weight excluding hydrogens is 308 g/mol. The number of halogens is 1. The van der Waals surface area contributed by atoms with Crippen LogP contribution in [0.5, 0.6) is 0 Å². The van der Waals surface area contributed by atoms with E-state index in [1.54, 1.807) is 29.9 Å². The highest BCUT2D eigenvalue weighted by Crippen LogP contribution is 2.25. The highest BCUT2D eigenvalue weighted by atomic mass is 35.5. The van der Waals surface area contributed by atoms with E-state index in [1.807, 2.05) is 0 Å². The molecule has 0 bridgehead atoms. The van der Waals surface area contributed by atoms with Crippen molar-refractivity contribution in [2.24, 2.45) is 7.05 Å². The lowest BCUT2D eigenvalue weighted by Crippen LogP contribution is -2.28. The summed E-state index contributed by atoms with van der Waals surface area (Å²) in [6.45, 7) is -0.0876. The van der Waals surface area contributed by atoms with Crippen LogP contribution in [0.2, 0.25) is 4.34 Å². The molecule has 0 saturated carbocycles. The van der Waals surface area contributed by atoms with Gasteiger partial charge >= 0.3 is 0 Å². The van der Waals surface area contributed by atoms with Crippen LogP contribution in [-0.2, 0) is 17.1 Å². The Balaban J connectivity index is 2.04. The number of aliphatic hydroxyl groups is 1. The molecule has 0 aliphatic rings. The maximum atomic E-state index is 11.9. The Morgan fingerprint density at radius 2 is 2.21 bits per heavy atom. The molecule has 19 heavy (non-hydrogen) atoms. The van der Waals surface area contributed by atoms with Crippen LogP contribution in [0.1, 0.15) is 11.8 Å². The van der Waals surface area contributed by atoms with E-state index in [0.29, 0.717) is 10.0 Å². The molecule has 2 heterocycles. The van der Waals surface area contributed by atoms with E-state index in [1.165, 1.54) is 12.1 Å². The van der Waals surface area contributed by atoms with Crippen molar-refractivity contribution in [2.45, 2.75) is 10.3 Å². The minimum Gasteiger partial charge on any atom is -0.386 e. The third kappa shape index (κ3) is 3.37. The predicted molar refractivity (Wildman–Crippen MR) is 74.9 cm³/mol. The largest absolute Gasteiger partial charge is 0.386 e. The van der Waals surface area contributed by atoms with Crippen LogP contribution in [0, 0.1) is 0 Å². The molecule has 8 heteroatoms. The van der Waals surface area contributed by atoms with Gasteiger partial charge in [-0.1, -0.05) is 11.6 Å². The van der Waals surface area contributed by atoms with Gasteiger partial charge in [-0.05, 0) is 24.3 Å². The van der Waals surface area contributed by atoms with E-state index in [0.717, 1.165) is 11.3 Å². The Kier molecular flexibility index (Phi) is 4.32. The first-order chi connectivity index (χ1) is 8.90. The molecule has 2 N–H and O–H groups in total. The van der Waals surface area contributed by atoms with E-state index in [-0.39, 0.29) is 10.8 Å². The molecule has 2 aromatic heterocycles. The number of sulfonamides is 1. The SMILES string of the molecule is Cn1cccc1C(O)CNS(=O)(=O)c1ccc(Cl)s1. The number of nitrogens with one attached hydrogen (secondary N) is 1. The van der Waals surface area contributed by atoms with Crippen LogP contribution in [0.25, 0.3) is 0 Å². The average Bonchev–Trinajstić information content (AvgIpc) is 2.95. The van der Waals surface area contributed by atoms with Gasteiger partial charge in [0.05, 0.1) is 4.34 Å². The highest BCUT2D eigenvalue weighted by molar-refractivity contribution is 7.91. The molecule has 0 amide bonds. The Hall–Kier alpha value is -0.860. The van der Waals surface area contributed by atoms with Crippen molar-refractivity contribution in [2.75, 3.05) is 6.54 Å². The molecule has 0 fully saturated rings. The van der Waals surface area contributed by atoms with Gasteiger partial charge in [-0.3, -0.25) is 0 Å². The number of hydrogen-bond donors (Lipinski definition) is 2. The summed E-state index contributed by atoms with van der Waals surface area (Å²) in [7, 11) is -1.84. The number of thiophene rings is 1. The molecule has 104 valence electrons. The third-order valence-corrected chi connectivity index (χ3v) is 5.75. The van der Waals surface area contributed by atoms with Gasteiger partial charge in [0, 0.05) is 25.5 Å². The van der Waals surface area contributed by atoms with Crippen LogP contribution in [0.4, 0.5) is 0 Å². The standard InChI is InChI=1S/C11H13ClN2O3S2/c1-14-6-2-3-8(14)9(15)7-13-19(16,17)11-5-4-10(12)18-11/h2-6,9,13,15H,7H2,1H3. The minimum absolute atomic E-state index is 0.0876. The van der Waals surface area contributed by atoms with E-state index in [2.05, 4.69) is 4.72 Å². The molecule has 0 aromatic carbocycles. The fourth-order valence-electron chi connectivity index (χ4n) is 1.63. The zero-order valence-electron chi connectivity index (χ0n) is 10.1. The monoisotopic (exact) mass is 320 g/mol. The van der Waals surface area contributed by atoms with Gasteiger partial charge in [0.1, 0.15) is 10.3 Å². The molecule has 0 radical (unpaired) electrons. The first-order valence-corrected chi connectivity index (χ1v) is 8.12. The zero-order chi connectivity index (χ0) is 14.0. The molecule has 0 spiro atoms. The number of aryl methyl sites for hydroxylation is 1. The molecule has 5 nitrogen and oxygen atoms in total. The van der Waals surface area contributed by atoms with Crippen LogP contribution >= 0.6 is 22.9 Å². The summed E-state index contributed by atoms with van der Waals surface area (Å²) >= 11 is 6.68. The maximum Gasteiger partial charge on any atom is 0.250 e. The Labute approximate surface area is 120 Å². The molecule has 1 unspecified atom stereocenters. The second-order valence-corrected chi connectivity index (χ2v) is 7.68. The minimum atomic E-state index is -3.62. The number of hydrogen-bond acceptors (Lipinski definition) is 4. The Morgan fingerprint density at radius 3 is 2.74 bits per heavy atom. The molecule has 0 aliphatic carbocycles. The Bertz CT molecular complexity index is 663.